The normalized spacial score (nSPS) is 15.9. The van der Waals surface area contributed by atoms with Crippen LogP contribution in [-0.4, -0.2) is 84.6 Å². The van der Waals surface area contributed by atoms with Crippen molar-refractivity contribution in [2.45, 2.75) is 38.6 Å². The van der Waals surface area contributed by atoms with Gasteiger partial charge in [-0.25, -0.2) is 0 Å². The Morgan fingerprint density at radius 3 is 2.38 bits per heavy atom. The topological polar surface area (TPSA) is 112 Å². The summed E-state index contributed by atoms with van der Waals surface area (Å²) in [6.45, 7) is 5.35. The van der Waals surface area contributed by atoms with E-state index in [9.17, 15) is 18.9 Å². The van der Waals surface area contributed by atoms with Crippen LogP contribution in [0.1, 0.15) is 43.1 Å². The number of carbonyl (C=O) groups excluding carboxylic acids is 3. The molecule has 2 fully saturated rings. The molecule has 1 aromatic carbocycles. The van der Waals surface area contributed by atoms with Gasteiger partial charge < -0.3 is 0 Å². The summed E-state index contributed by atoms with van der Waals surface area (Å²) in [4.78, 5) is 48.7. The zero-order chi connectivity index (χ0) is 27.6. The van der Waals surface area contributed by atoms with Gasteiger partial charge in [-0.2, -0.15) is 0 Å². The van der Waals surface area contributed by atoms with Crippen molar-refractivity contribution in [3.05, 3.63) is 48.2 Å². The molecule has 206 valence electrons. The summed E-state index contributed by atoms with van der Waals surface area (Å²) in [5.74, 6) is -0.995. The number of nitrogens with one attached hydrogen (secondary N) is 1. The number of rotatable bonds is 8. The summed E-state index contributed by atoms with van der Waals surface area (Å²) in [7, 11) is -0.501. The summed E-state index contributed by atoms with van der Waals surface area (Å²) in [6, 6.07) is 12.1. The number of hydrogen-bond donors (Lipinski definition) is 1. The molecule has 3 amide bonds. The standard InChI is InChI=1S/C28H34N5O5P/c1-2-3-17-38-28(36)33-15-13-32(14-16-33)27(35)25(20-39-37)30-26(34)24-19-22(31-11-7-8-12-31)18-23(29-24)21-9-5-4-6-10-21/h4-6,9-10,18-19,25H,2-3,7-8,11-17H2,1H3,(H,30,34)/t25-/m0/s1. The number of anilines is 1. The van der Waals surface area contributed by atoms with E-state index in [-0.39, 0.29) is 18.8 Å². The Morgan fingerprint density at radius 2 is 1.72 bits per heavy atom. The predicted octanol–water partition coefficient (Wildman–Crippen LogP) is 3.78. The van der Waals surface area contributed by atoms with Crippen molar-refractivity contribution < 1.29 is 23.7 Å². The van der Waals surface area contributed by atoms with Gasteiger partial charge in [0.05, 0.1) is 0 Å². The van der Waals surface area contributed by atoms with E-state index in [0.29, 0.717) is 25.4 Å². The number of amides is 3. The van der Waals surface area contributed by atoms with E-state index in [0.717, 1.165) is 50.0 Å². The summed E-state index contributed by atoms with van der Waals surface area (Å²) < 4.78 is 16.7. The fourth-order valence-corrected chi connectivity index (χ4v) is 4.92. The molecule has 0 aliphatic carbocycles. The van der Waals surface area contributed by atoms with Crippen molar-refractivity contribution in [2.75, 3.05) is 50.8 Å². The maximum atomic E-state index is 13.4. The van der Waals surface area contributed by atoms with Gasteiger partial charge in [-0.3, -0.25) is 0 Å². The van der Waals surface area contributed by atoms with E-state index < -0.39 is 31.9 Å². The van der Waals surface area contributed by atoms with Gasteiger partial charge in [-0.15, -0.1) is 0 Å². The van der Waals surface area contributed by atoms with Crippen LogP contribution in [0.5, 0.6) is 0 Å². The van der Waals surface area contributed by atoms with E-state index in [2.05, 4.69) is 20.8 Å². The molecule has 4 rings (SSSR count). The zero-order valence-corrected chi connectivity index (χ0v) is 23.1. The third-order valence-electron chi connectivity index (χ3n) is 6.86. The molecule has 0 bridgehead atoms. The van der Waals surface area contributed by atoms with Crippen LogP contribution in [0.4, 0.5) is 10.5 Å². The van der Waals surface area contributed by atoms with Crippen LogP contribution in [0.15, 0.2) is 42.5 Å². The first kappa shape index (κ1) is 28.4. The number of aromatic nitrogens is 1. The molecule has 11 heteroatoms. The number of unbranched alkanes of at least 4 members (excludes halogenated alkanes) is 1. The monoisotopic (exact) mass is 551 g/mol. The molecule has 2 aliphatic rings. The summed E-state index contributed by atoms with van der Waals surface area (Å²) >= 11 is 0. The Bertz CT molecular complexity index is 1270. The van der Waals surface area contributed by atoms with Crippen molar-refractivity contribution in [1.82, 2.24) is 20.1 Å². The van der Waals surface area contributed by atoms with E-state index >= 15 is 0 Å². The van der Waals surface area contributed by atoms with Crippen LogP contribution in [-0.2, 0) is 14.1 Å². The van der Waals surface area contributed by atoms with E-state index in [1.807, 2.05) is 43.3 Å². The van der Waals surface area contributed by atoms with Gasteiger partial charge in [-0.05, 0) is 0 Å². The second-order valence-corrected chi connectivity index (χ2v) is 10.0. The van der Waals surface area contributed by atoms with Gasteiger partial charge in [0.2, 0.25) is 0 Å². The number of hydrogen-bond acceptors (Lipinski definition) is 7. The number of nitrogens with zero attached hydrogens (tertiary/aromatic N) is 4. The first-order valence-corrected chi connectivity index (χ1v) is 14.2. The molecule has 0 spiro atoms. The number of piperazine rings is 1. The molecule has 0 radical (unpaired) electrons. The second-order valence-electron chi connectivity index (χ2n) is 9.56. The summed E-state index contributed by atoms with van der Waals surface area (Å²) in [5, 5.41) is 2.66. The Kier molecular flexibility index (Phi) is 10.2. The molecule has 1 N–H and O–H groups in total. The molecule has 0 saturated carbocycles. The van der Waals surface area contributed by atoms with E-state index in [4.69, 9.17) is 4.74 Å². The molecule has 2 saturated heterocycles. The van der Waals surface area contributed by atoms with Crippen molar-refractivity contribution in [3.63, 3.8) is 0 Å². The number of pyridine rings is 1. The number of benzene rings is 1. The van der Waals surface area contributed by atoms with Gasteiger partial charge in [0.1, 0.15) is 0 Å². The van der Waals surface area contributed by atoms with Crippen LogP contribution >= 0.6 is 7.92 Å². The van der Waals surface area contributed by atoms with Crippen LogP contribution in [0, 0.1) is 5.63 Å². The maximum absolute atomic E-state index is 13.4. The van der Waals surface area contributed by atoms with Crippen molar-refractivity contribution in [2.24, 2.45) is 0 Å². The minimum absolute atomic E-state index is 0.167. The van der Waals surface area contributed by atoms with Crippen LogP contribution in [0.25, 0.3) is 11.3 Å². The minimum atomic E-state index is -1.22. The molecule has 1 atom stereocenters. The van der Waals surface area contributed by atoms with Gasteiger partial charge in [0.25, 0.3) is 0 Å². The third kappa shape index (κ3) is 7.49. The van der Waals surface area contributed by atoms with Crippen molar-refractivity contribution in [3.8, 4) is 16.9 Å². The zero-order valence-electron chi connectivity index (χ0n) is 22.2. The van der Waals surface area contributed by atoms with Crippen LogP contribution in [0.2, 0.25) is 0 Å². The van der Waals surface area contributed by atoms with Crippen molar-refractivity contribution >= 4 is 31.5 Å². The Morgan fingerprint density at radius 1 is 1.03 bits per heavy atom. The molecular formula is C28H34N5O5P. The summed E-state index contributed by atoms with van der Waals surface area (Å²) in [5.41, 5.74) is 5.11. The average Bonchev–Trinajstić information content (AvgIpc) is 3.52. The molecule has 10 nitrogen and oxygen atoms in total. The second kappa shape index (κ2) is 14.0. The predicted molar refractivity (Wildman–Crippen MR) is 148 cm³/mol. The number of ether oxygens (including phenoxy) is 1. The fraction of sp³-hybridized carbons (Fsp3) is 0.464. The van der Waals surface area contributed by atoms with Crippen LogP contribution in [0.3, 0.4) is 0 Å². The molecular weight excluding hydrogens is 517 g/mol. The van der Waals surface area contributed by atoms with Crippen LogP contribution < -0.4 is 10.2 Å². The quantitative estimate of drug-likeness (QED) is 0.393. The molecule has 1 aromatic heterocycles. The molecule has 3 heterocycles. The van der Waals surface area contributed by atoms with Gasteiger partial charge in [0.15, 0.2) is 0 Å². The Hall–Kier alpha value is -3.61. The first-order chi connectivity index (χ1) is 19.0. The SMILES string of the molecule is CCCCOC(=O)N1CCN(C(=O)[C@H](C#P=O)NC(=O)c2cc(N3CCCC3)cc(-c3ccccc3)n2)CC1. The first-order valence-electron chi connectivity index (χ1n) is 13.4. The molecule has 2 aliphatic heterocycles. The Labute approximate surface area is 229 Å². The van der Waals surface area contributed by atoms with Gasteiger partial charge in [-0.1, -0.05) is 6.92 Å². The van der Waals surface area contributed by atoms with Gasteiger partial charge in [0, 0.05) is 0 Å². The Balaban J connectivity index is 1.46. The van der Waals surface area contributed by atoms with Crippen molar-refractivity contribution in [1.29, 1.82) is 0 Å². The van der Waals surface area contributed by atoms with E-state index in [1.165, 1.54) is 4.90 Å². The molecule has 0 unspecified atom stereocenters. The molecule has 2 aromatic rings. The molecule has 39 heavy (non-hydrogen) atoms. The van der Waals surface area contributed by atoms with E-state index in [1.54, 1.807) is 11.0 Å². The fourth-order valence-electron chi connectivity index (χ4n) is 4.64. The third-order valence-corrected chi connectivity index (χ3v) is 7.22. The summed E-state index contributed by atoms with van der Waals surface area (Å²) in [6.07, 6.45) is 3.50. The van der Waals surface area contributed by atoms with Gasteiger partial charge >= 0.3 is 223 Å². The number of carbonyl (C=O) groups is 3. The average molecular weight is 552 g/mol.